The second-order valence-corrected chi connectivity index (χ2v) is 6.42. The van der Waals surface area contributed by atoms with Gasteiger partial charge in [0, 0.05) is 36.4 Å². The topological polar surface area (TPSA) is 97.7 Å². The number of ether oxygens (including phenoxy) is 2. The van der Waals surface area contributed by atoms with E-state index in [9.17, 15) is 9.59 Å². The van der Waals surface area contributed by atoms with Gasteiger partial charge in [-0.15, -0.1) is 0 Å². The molecule has 8 nitrogen and oxygen atoms in total. The van der Waals surface area contributed by atoms with Crippen molar-refractivity contribution in [2.45, 2.75) is 13.0 Å². The van der Waals surface area contributed by atoms with Crippen LogP contribution in [0.2, 0.25) is 0 Å². The molecule has 136 valence electrons. The van der Waals surface area contributed by atoms with Crippen LogP contribution in [0.15, 0.2) is 45.8 Å². The van der Waals surface area contributed by atoms with Crippen LogP contribution in [-0.2, 0) is 13.0 Å². The first-order valence-corrected chi connectivity index (χ1v) is 8.54. The number of fused-ring (bicyclic) bond motifs is 2. The molecular formula is C19H15N3O5. The van der Waals surface area contributed by atoms with Gasteiger partial charge in [0.1, 0.15) is 11.5 Å². The third-order valence-electron chi connectivity index (χ3n) is 4.79. The van der Waals surface area contributed by atoms with Gasteiger partial charge in [0.25, 0.3) is 5.91 Å². The highest BCUT2D eigenvalue weighted by Gasteiger charge is 2.29. The first kappa shape index (κ1) is 15.7. The second-order valence-electron chi connectivity index (χ2n) is 6.42. The summed E-state index contributed by atoms with van der Waals surface area (Å²) in [6, 6.07) is 8.48. The fourth-order valence-corrected chi connectivity index (χ4v) is 3.38. The van der Waals surface area contributed by atoms with Crippen molar-refractivity contribution in [3.05, 3.63) is 63.8 Å². The van der Waals surface area contributed by atoms with Gasteiger partial charge in [0.05, 0.1) is 12.1 Å². The maximum atomic E-state index is 12.8. The molecule has 1 amide bonds. The van der Waals surface area contributed by atoms with Crippen molar-refractivity contribution >= 4 is 5.91 Å². The molecule has 0 aliphatic carbocycles. The molecule has 0 spiro atoms. The summed E-state index contributed by atoms with van der Waals surface area (Å²) >= 11 is 0. The molecule has 0 atom stereocenters. The molecule has 4 heterocycles. The Morgan fingerprint density at radius 2 is 2.04 bits per heavy atom. The summed E-state index contributed by atoms with van der Waals surface area (Å²) in [4.78, 5) is 28.2. The van der Waals surface area contributed by atoms with Gasteiger partial charge in [-0.1, -0.05) is 5.16 Å². The second kappa shape index (κ2) is 6.01. The number of hydrogen-bond acceptors (Lipinski definition) is 6. The van der Waals surface area contributed by atoms with Crippen molar-refractivity contribution in [1.82, 2.24) is 15.0 Å². The molecule has 27 heavy (non-hydrogen) atoms. The van der Waals surface area contributed by atoms with E-state index in [1.165, 1.54) is 18.3 Å². The Balaban J connectivity index is 1.45. The quantitative estimate of drug-likeness (QED) is 0.746. The van der Waals surface area contributed by atoms with E-state index in [1.54, 1.807) is 4.90 Å². The van der Waals surface area contributed by atoms with Crippen molar-refractivity contribution in [3.63, 3.8) is 0 Å². The van der Waals surface area contributed by atoms with E-state index >= 15 is 0 Å². The SMILES string of the molecule is O=C(c1ccc(=O)[nH]c1)N1CCc2onc(-c3ccc4c(c3)OCO4)c2C1. The monoisotopic (exact) mass is 365 g/mol. The average molecular weight is 365 g/mol. The third kappa shape index (κ3) is 2.66. The summed E-state index contributed by atoms with van der Waals surface area (Å²) in [7, 11) is 0. The fourth-order valence-electron chi connectivity index (χ4n) is 3.38. The zero-order valence-electron chi connectivity index (χ0n) is 14.2. The molecule has 0 radical (unpaired) electrons. The molecule has 0 saturated carbocycles. The molecule has 2 aliphatic heterocycles. The molecule has 3 aromatic rings. The standard InChI is InChI=1S/C19H15N3O5/c23-17-4-2-12(8-20-17)19(24)22-6-5-14-13(9-22)18(21-27-14)11-1-3-15-16(7-11)26-10-25-15/h1-4,7-8H,5-6,9-10H2,(H,20,23). The number of benzene rings is 1. The van der Waals surface area contributed by atoms with E-state index in [2.05, 4.69) is 10.1 Å². The largest absolute Gasteiger partial charge is 0.454 e. The van der Waals surface area contributed by atoms with Gasteiger partial charge in [-0.3, -0.25) is 9.59 Å². The van der Waals surface area contributed by atoms with Crippen LogP contribution < -0.4 is 15.0 Å². The summed E-state index contributed by atoms with van der Waals surface area (Å²) in [5, 5.41) is 4.21. The van der Waals surface area contributed by atoms with Gasteiger partial charge in [-0.05, 0) is 24.3 Å². The van der Waals surface area contributed by atoms with Gasteiger partial charge >= 0.3 is 0 Å². The lowest BCUT2D eigenvalue weighted by molar-refractivity contribution is 0.0728. The predicted octanol–water partition coefficient (Wildman–Crippen LogP) is 1.96. The van der Waals surface area contributed by atoms with E-state index in [-0.39, 0.29) is 18.3 Å². The Labute approximate surface area is 153 Å². The first-order chi connectivity index (χ1) is 13.2. The van der Waals surface area contributed by atoms with Gasteiger partial charge in [0.2, 0.25) is 12.4 Å². The lowest BCUT2D eigenvalue weighted by Crippen LogP contribution is -2.36. The number of aromatic nitrogens is 2. The number of pyridine rings is 1. The Morgan fingerprint density at radius 3 is 2.89 bits per heavy atom. The maximum Gasteiger partial charge on any atom is 0.255 e. The van der Waals surface area contributed by atoms with Gasteiger partial charge in [0.15, 0.2) is 11.5 Å². The van der Waals surface area contributed by atoms with Gasteiger partial charge < -0.3 is 23.9 Å². The number of nitrogens with one attached hydrogen (secondary N) is 1. The van der Waals surface area contributed by atoms with Crippen molar-refractivity contribution in [1.29, 1.82) is 0 Å². The van der Waals surface area contributed by atoms with E-state index < -0.39 is 0 Å². The molecule has 2 aromatic heterocycles. The number of nitrogens with zero attached hydrogens (tertiary/aromatic N) is 2. The molecule has 2 aliphatic rings. The normalized spacial score (nSPS) is 14.9. The summed E-state index contributed by atoms with van der Waals surface area (Å²) < 4.78 is 16.3. The van der Waals surface area contributed by atoms with Gasteiger partial charge in [-0.2, -0.15) is 0 Å². The van der Waals surface area contributed by atoms with Crippen molar-refractivity contribution in [2.24, 2.45) is 0 Å². The number of hydrogen-bond donors (Lipinski definition) is 1. The number of aromatic amines is 1. The molecule has 1 aromatic carbocycles. The zero-order chi connectivity index (χ0) is 18.4. The molecule has 0 unspecified atom stereocenters. The highest BCUT2D eigenvalue weighted by Crippen LogP contribution is 2.38. The van der Waals surface area contributed by atoms with E-state index in [1.807, 2.05) is 18.2 Å². The van der Waals surface area contributed by atoms with Crippen molar-refractivity contribution in [2.75, 3.05) is 13.3 Å². The van der Waals surface area contributed by atoms with Crippen LogP contribution in [0.3, 0.4) is 0 Å². The van der Waals surface area contributed by atoms with E-state index in [0.29, 0.717) is 42.3 Å². The first-order valence-electron chi connectivity index (χ1n) is 8.54. The van der Waals surface area contributed by atoms with Crippen LogP contribution in [0.25, 0.3) is 11.3 Å². The Morgan fingerprint density at radius 1 is 1.15 bits per heavy atom. The molecule has 8 heteroatoms. The fraction of sp³-hybridized carbons (Fsp3) is 0.211. The minimum atomic E-state index is -0.239. The third-order valence-corrected chi connectivity index (χ3v) is 4.79. The smallest absolute Gasteiger partial charge is 0.255 e. The van der Waals surface area contributed by atoms with Crippen LogP contribution in [-0.4, -0.2) is 34.3 Å². The van der Waals surface area contributed by atoms with Crippen LogP contribution in [0.5, 0.6) is 11.5 Å². The Hall–Kier alpha value is -3.55. The summed E-state index contributed by atoms with van der Waals surface area (Å²) in [5.74, 6) is 2.01. The van der Waals surface area contributed by atoms with Gasteiger partial charge in [-0.25, -0.2) is 0 Å². The lowest BCUT2D eigenvalue weighted by atomic mass is 10.0. The molecule has 1 N–H and O–H groups in total. The van der Waals surface area contributed by atoms with Crippen molar-refractivity contribution < 1.29 is 18.8 Å². The average Bonchev–Trinajstić information content (AvgIpc) is 3.33. The summed E-state index contributed by atoms with van der Waals surface area (Å²) in [5.41, 5.74) is 2.64. The molecule has 0 bridgehead atoms. The lowest BCUT2D eigenvalue weighted by Gasteiger charge is -2.26. The summed E-state index contributed by atoms with van der Waals surface area (Å²) in [6.07, 6.45) is 2.02. The highest BCUT2D eigenvalue weighted by molar-refractivity contribution is 5.94. The molecule has 0 fully saturated rings. The van der Waals surface area contributed by atoms with Crippen LogP contribution in [0.4, 0.5) is 0 Å². The van der Waals surface area contributed by atoms with E-state index in [0.717, 1.165) is 16.9 Å². The van der Waals surface area contributed by atoms with E-state index in [4.69, 9.17) is 14.0 Å². The Bertz CT molecular complexity index is 1080. The minimum Gasteiger partial charge on any atom is -0.454 e. The summed E-state index contributed by atoms with van der Waals surface area (Å²) in [6.45, 7) is 1.12. The number of H-pyrrole nitrogens is 1. The highest BCUT2D eigenvalue weighted by atomic mass is 16.7. The van der Waals surface area contributed by atoms with Crippen LogP contribution in [0, 0.1) is 0 Å². The van der Waals surface area contributed by atoms with Crippen molar-refractivity contribution in [3.8, 4) is 22.8 Å². The number of amides is 1. The number of carbonyl (C=O) groups excluding carboxylic acids is 1. The van der Waals surface area contributed by atoms with Crippen LogP contribution >= 0.6 is 0 Å². The predicted molar refractivity (Wildman–Crippen MR) is 93.6 cm³/mol. The zero-order valence-corrected chi connectivity index (χ0v) is 14.2. The van der Waals surface area contributed by atoms with Crippen LogP contribution in [0.1, 0.15) is 21.7 Å². The molecular weight excluding hydrogens is 350 g/mol. The number of carbonyl (C=O) groups is 1. The molecule has 0 saturated heterocycles. The Kier molecular flexibility index (Phi) is 3.49. The molecule has 5 rings (SSSR count). The number of rotatable bonds is 2. The minimum absolute atomic E-state index is 0.144. The maximum absolute atomic E-state index is 12.8.